The van der Waals surface area contributed by atoms with Gasteiger partial charge in [-0.15, -0.1) is 0 Å². The Labute approximate surface area is 135 Å². The van der Waals surface area contributed by atoms with Gasteiger partial charge in [-0.05, 0) is 44.7 Å². The van der Waals surface area contributed by atoms with E-state index in [1.165, 1.54) is 32.4 Å². The number of nitrogens with zero attached hydrogens (tertiary/aromatic N) is 2. The van der Waals surface area contributed by atoms with E-state index < -0.39 is 0 Å². The first-order chi connectivity index (χ1) is 10.6. The van der Waals surface area contributed by atoms with Crippen LogP contribution in [0.1, 0.15) is 45.4 Å². The largest absolute Gasteiger partial charge is 0.393 e. The summed E-state index contributed by atoms with van der Waals surface area (Å²) in [6.45, 7) is 7.10. The number of hydrogen-bond acceptors (Lipinski definition) is 3. The highest BCUT2D eigenvalue weighted by Crippen LogP contribution is 2.24. The maximum absolute atomic E-state index is 12.2. The van der Waals surface area contributed by atoms with Crippen LogP contribution in [0.3, 0.4) is 0 Å². The van der Waals surface area contributed by atoms with Crippen LogP contribution in [0, 0.1) is 11.8 Å². The molecular formula is C17H33N3O2. The van der Waals surface area contributed by atoms with Crippen LogP contribution in [0.25, 0.3) is 0 Å². The van der Waals surface area contributed by atoms with E-state index >= 15 is 0 Å². The number of rotatable bonds is 6. The summed E-state index contributed by atoms with van der Waals surface area (Å²) in [4.78, 5) is 16.4. The Balaban J connectivity index is 1.66. The Morgan fingerprint density at radius 1 is 1.32 bits per heavy atom. The summed E-state index contributed by atoms with van der Waals surface area (Å²) in [6, 6.07) is 0.00622. The highest BCUT2D eigenvalue weighted by Gasteiger charge is 2.26. The highest BCUT2D eigenvalue weighted by molar-refractivity contribution is 5.73. The maximum atomic E-state index is 12.2. The van der Waals surface area contributed by atoms with E-state index in [1.54, 1.807) is 4.90 Å². The molecule has 2 amide bonds. The molecule has 1 saturated heterocycles. The van der Waals surface area contributed by atoms with Gasteiger partial charge < -0.3 is 20.2 Å². The predicted molar refractivity (Wildman–Crippen MR) is 88.8 cm³/mol. The standard InChI is InChI=1S/C17H33N3O2/c1-3-9-20-10-8-14(12-20)11-18-17(22)19(2)13-15-6-4-5-7-16(15)21/h14-16,21H,3-13H2,1-2H3,(H,18,22)/t14-,15+,16-/m1/s1. The number of likely N-dealkylation sites (tertiary alicyclic amines) is 1. The Bertz CT molecular complexity index is 351. The van der Waals surface area contributed by atoms with Crippen LogP contribution in [0.5, 0.6) is 0 Å². The molecule has 2 N–H and O–H groups in total. The summed E-state index contributed by atoms with van der Waals surface area (Å²) >= 11 is 0. The van der Waals surface area contributed by atoms with Crippen molar-refractivity contribution in [3.05, 3.63) is 0 Å². The number of carbonyl (C=O) groups excluding carboxylic acids is 1. The molecule has 0 aromatic carbocycles. The zero-order chi connectivity index (χ0) is 15.9. The van der Waals surface area contributed by atoms with Crippen LogP contribution >= 0.6 is 0 Å². The summed E-state index contributed by atoms with van der Waals surface area (Å²) in [5.41, 5.74) is 0. The Morgan fingerprint density at radius 3 is 2.82 bits per heavy atom. The monoisotopic (exact) mass is 311 g/mol. The Kier molecular flexibility index (Phi) is 6.96. The topological polar surface area (TPSA) is 55.8 Å². The fourth-order valence-electron chi connectivity index (χ4n) is 3.80. The van der Waals surface area contributed by atoms with Crippen molar-refractivity contribution in [2.24, 2.45) is 11.8 Å². The van der Waals surface area contributed by atoms with Crippen molar-refractivity contribution in [2.45, 2.75) is 51.6 Å². The van der Waals surface area contributed by atoms with Gasteiger partial charge in [-0.3, -0.25) is 0 Å². The smallest absolute Gasteiger partial charge is 0.317 e. The second-order valence-electron chi connectivity index (χ2n) is 7.13. The molecule has 2 aliphatic rings. The van der Waals surface area contributed by atoms with Crippen LogP contribution in [0.4, 0.5) is 4.79 Å². The van der Waals surface area contributed by atoms with Crippen LogP contribution < -0.4 is 5.32 Å². The second kappa shape index (κ2) is 8.73. The van der Waals surface area contributed by atoms with Crippen molar-refractivity contribution >= 4 is 6.03 Å². The molecule has 1 aliphatic carbocycles. The molecule has 1 saturated carbocycles. The first-order valence-corrected chi connectivity index (χ1v) is 8.99. The minimum absolute atomic E-state index is 0.00622. The third kappa shape index (κ3) is 5.13. The molecular weight excluding hydrogens is 278 g/mol. The number of amides is 2. The molecule has 5 nitrogen and oxygen atoms in total. The molecule has 2 fully saturated rings. The van der Waals surface area contributed by atoms with Gasteiger partial charge in [0, 0.05) is 32.6 Å². The maximum Gasteiger partial charge on any atom is 0.317 e. The summed E-state index contributed by atoms with van der Waals surface area (Å²) in [5, 5.41) is 13.1. The average molecular weight is 311 g/mol. The number of aliphatic hydroxyl groups excluding tert-OH is 1. The number of carbonyl (C=O) groups is 1. The molecule has 1 heterocycles. The van der Waals surface area contributed by atoms with Crippen molar-refractivity contribution in [1.29, 1.82) is 0 Å². The second-order valence-corrected chi connectivity index (χ2v) is 7.13. The minimum atomic E-state index is -0.235. The lowest BCUT2D eigenvalue weighted by Gasteiger charge is -2.31. The first-order valence-electron chi connectivity index (χ1n) is 8.99. The zero-order valence-corrected chi connectivity index (χ0v) is 14.3. The molecule has 2 rings (SSSR count). The molecule has 5 heteroatoms. The van der Waals surface area contributed by atoms with Crippen molar-refractivity contribution in [2.75, 3.05) is 39.8 Å². The Hall–Kier alpha value is -0.810. The predicted octanol–water partition coefficient (Wildman–Crippen LogP) is 1.91. The van der Waals surface area contributed by atoms with Gasteiger partial charge in [0.05, 0.1) is 6.10 Å². The fourth-order valence-corrected chi connectivity index (χ4v) is 3.80. The van der Waals surface area contributed by atoms with Gasteiger partial charge in [0.1, 0.15) is 0 Å². The molecule has 0 radical (unpaired) electrons. The normalized spacial score (nSPS) is 29.5. The third-order valence-electron chi connectivity index (χ3n) is 5.18. The van der Waals surface area contributed by atoms with Gasteiger partial charge in [-0.25, -0.2) is 4.79 Å². The van der Waals surface area contributed by atoms with Crippen LogP contribution in [-0.4, -0.2) is 66.8 Å². The van der Waals surface area contributed by atoms with Crippen LogP contribution in [0.15, 0.2) is 0 Å². The summed E-state index contributed by atoms with van der Waals surface area (Å²) < 4.78 is 0. The molecule has 0 bridgehead atoms. The van der Waals surface area contributed by atoms with E-state index in [4.69, 9.17) is 0 Å². The van der Waals surface area contributed by atoms with E-state index in [9.17, 15) is 9.90 Å². The lowest BCUT2D eigenvalue weighted by Crippen LogP contribution is -2.44. The molecule has 128 valence electrons. The van der Waals surface area contributed by atoms with Crippen molar-refractivity contribution in [3.63, 3.8) is 0 Å². The zero-order valence-electron chi connectivity index (χ0n) is 14.3. The van der Waals surface area contributed by atoms with Gasteiger partial charge in [-0.2, -0.15) is 0 Å². The fraction of sp³-hybridized carbons (Fsp3) is 0.941. The SMILES string of the molecule is CCCN1CC[C@H](CNC(=O)N(C)C[C@@H]2CCCC[C@H]2O)C1. The van der Waals surface area contributed by atoms with Gasteiger partial charge in [0.25, 0.3) is 0 Å². The van der Waals surface area contributed by atoms with E-state index in [2.05, 4.69) is 17.1 Å². The molecule has 0 spiro atoms. The molecule has 0 aromatic heterocycles. The van der Waals surface area contributed by atoms with Gasteiger partial charge in [0.15, 0.2) is 0 Å². The highest BCUT2D eigenvalue weighted by atomic mass is 16.3. The van der Waals surface area contributed by atoms with Gasteiger partial charge in [-0.1, -0.05) is 19.8 Å². The summed E-state index contributed by atoms with van der Waals surface area (Å²) in [5.74, 6) is 0.834. The van der Waals surface area contributed by atoms with Crippen molar-refractivity contribution < 1.29 is 9.90 Å². The average Bonchev–Trinajstić information content (AvgIpc) is 2.95. The molecule has 0 unspecified atom stereocenters. The number of aliphatic hydroxyl groups is 1. The van der Waals surface area contributed by atoms with Crippen LogP contribution in [-0.2, 0) is 0 Å². The van der Waals surface area contributed by atoms with Crippen LogP contribution in [0.2, 0.25) is 0 Å². The lowest BCUT2D eigenvalue weighted by atomic mass is 9.86. The molecule has 0 aromatic rings. The number of urea groups is 1. The molecule has 1 aliphatic heterocycles. The lowest BCUT2D eigenvalue weighted by molar-refractivity contribution is 0.0564. The van der Waals surface area contributed by atoms with E-state index in [0.29, 0.717) is 12.5 Å². The number of hydrogen-bond donors (Lipinski definition) is 2. The van der Waals surface area contributed by atoms with Gasteiger partial charge >= 0.3 is 6.03 Å². The first kappa shape index (κ1) is 17.5. The third-order valence-corrected chi connectivity index (χ3v) is 5.18. The van der Waals surface area contributed by atoms with E-state index in [1.807, 2.05) is 7.05 Å². The summed E-state index contributed by atoms with van der Waals surface area (Å²) in [7, 11) is 1.84. The van der Waals surface area contributed by atoms with Crippen molar-refractivity contribution in [1.82, 2.24) is 15.1 Å². The van der Waals surface area contributed by atoms with Crippen molar-refractivity contribution in [3.8, 4) is 0 Å². The molecule has 3 atom stereocenters. The quantitative estimate of drug-likeness (QED) is 0.788. The minimum Gasteiger partial charge on any atom is -0.393 e. The van der Waals surface area contributed by atoms with E-state index in [0.717, 1.165) is 32.4 Å². The van der Waals surface area contributed by atoms with Gasteiger partial charge in [0.2, 0.25) is 0 Å². The Morgan fingerprint density at radius 2 is 2.09 bits per heavy atom. The summed E-state index contributed by atoms with van der Waals surface area (Å²) in [6.07, 6.45) is 6.36. The van der Waals surface area contributed by atoms with E-state index in [-0.39, 0.29) is 18.1 Å². The number of nitrogens with one attached hydrogen (secondary N) is 1. The molecule has 22 heavy (non-hydrogen) atoms.